The molecule has 0 spiro atoms. The molecular formula is C12H16Cl2FNO2S. The molecule has 19 heavy (non-hydrogen) atoms. The molecular weight excluding hydrogens is 312 g/mol. The van der Waals surface area contributed by atoms with E-state index in [2.05, 4.69) is 0 Å². The van der Waals surface area contributed by atoms with E-state index in [4.69, 9.17) is 23.2 Å². The number of nitrogens with zero attached hydrogens (tertiary/aromatic N) is 1. The number of rotatable bonds is 5. The fourth-order valence-corrected chi connectivity index (χ4v) is 3.98. The second-order valence-corrected chi connectivity index (χ2v) is 6.85. The first-order chi connectivity index (χ1) is 8.75. The van der Waals surface area contributed by atoms with Gasteiger partial charge in [-0.1, -0.05) is 18.5 Å². The van der Waals surface area contributed by atoms with Crippen LogP contribution >= 0.6 is 23.2 Å². The highest BCUT2D eigenvalue weighted by atomic mass is 35.5. The van der Waals surface area contributed by atoms with Crippen molar-refractivity contribution in [3.05, 3.63) is 28.5 Å². The molecule has 1 aromatic rings. The third kappa shape index (κ3) is 3.40. The monoisotopic (exact) mass is 327 g/mol. The van der Waals surface area contributed by atoms with Gasteiger partial charge in [0.2, 0.25) is 10.0 Å². The Kier molecular flexibility index (Phi) is 5.62. The summed E-state index contributed by atoms with van der Waals surface area (Å²) >= 11 is 11.4. The molecule has 7 heteroatoms. The van der Waals surface area contributed by atoms with Crippen LogP contribution in [0.4, 0.5) is 4.39 Å². The van der Waals surface area contributed by atoms with Crippen molar-refractivity contribution in [2.24, 2.45) is 0 Å². The van der Waals surface area contributed by atoms with E-state index >= 15 is 0 Å². The molecule has 0 heterocycles. The quantitative estimate of drug-likeness (QED) is 0.774. The first-order valence-electron chi connectivity index (χ1n) is 5.81. The molecule has 0 bridgehead atoms. The number of sulfonamides is 1. The molecule has 0 N–H and O–H groups in total. The number of benzene rings is 1. The average Bonchev–Trinajstić information content (AvgIpc) is 2.32. The first kappa shape index (κ1) is 16.7. The highest BCUT2D eigenvalue weighted by Crippen LogP contribution is 2.27. The molecule has 0 saturated carbocycles. The van der Waals surface area contributed by atoms with Gasteiger partial charge in [0, 0.05) is 18.5 Å². The van der Waals surface area contributed by atoms with Gasteiger partial charge in [0.15, 0.2) is 0 Å². The number of hydrogen-bond acceptors (Lipinski definition) is 2. The zero-order chi connectivity index (χ0) is 14.8. The molecule has 0 atom stereocenters. The summed E-state index contributed by atoms with van der Waals surface area (Å²) in [5, 5.41) is -0.137. The topological polar surface area (TPSA) is 37.4 Å². The van der Waals surface area contributed by atoms with Gasteiger partial charge in [0.25, 0.3) is 0 Å². The van der Waals surface area contributed by atoms with Crippen molar-refractivity contribution in [2.75, 3.05) is 6.54 Å². The molecule has 0 fully saturated rings. The molecule has 0 radical (unpaired) electrons. The van der Waals surface area contributed by atoms with Crippen LogP contribution in [0.25, 0.3) is 0 Å². The molecule has 0 saturated heterocycles. The van der Waals surface area contributed by atoms with Crippen molar-refractivity contribution in [1.82, 2.24) is 4.31 Å². The summed E-state index contributed by atoms with van der Waals surface area (Å²) in [6.45, 7) is 5.55. The number of halogens is 3. The molecule has 0 aliphatic heterocycles. The highest BCUT2D eigenvalue weighted by Gasteiger charge is 2.27. The van der Waals surface area contributed by atoms with Gasteiger partial charge in [-0.3, -0.25) is 0 Å². The molecule has 0 aliphatic rings. The van der Waals surface area contributed by atoms with Crippen LogP contribution < -0.4 is 0 Å². The van der Waals surface area contributed by atoms with E-state index in [1.165, 1.54) is 10.4 Å². The van der Waals surface area contributed by atoms with Gasteiger partial charge in [-0.05, 0) is 31.5 Å². The lowest BCUT2D eigenvalue weighted by molar-refractivity contribution is 0.369. The third-order valence-corrected chi connectivity index (χ3v) is 5.56. The minimum Gasteiger partial charge on any atom is -0.207 e. The summed E-state index contributed by atoms with van der Waals surface area (Å²) in [6, 6.07) is 2.03. The van der Waals surface area contributed by atoms with E-state index in [1.54, 1.807) is 20.8 Å². The van der Waals surface area contributed by atoms with Gasteiger partial charge >= 0.3 is 0 Å². The van der Waals surface area contributed by atoms with Crippen molar-refractivity contribution < 1.29 is 12.8 Å². The van der Waals surface area contributed by atoms with Gasteiger partial charge in [-0.25, -0.2) is 12.8 Å². The lowest BCUT2D eigenvalue weighted by atomic mass is 10.2. The van der Waals surface area contributed by atoms with Crippen LogP contribution in [0, 0.1) is 5.82 Å². The van der Waals surface area contributed by atoms with E-state index in [1.807, 2.05) is 0 Å². The van der Waals surface area contributed by atoms with Gasteiger partial charge in [-0.15, -0.1) is 11.6 Å². The third-order valence-electron chi connectivity index (χ3n) is 2.72. The SMILES string of the molecule is CCN(C(C)C)S(=O)(=O)c1cc(F)c(Cl)c(CCl)c1. The van der Waals surface area contributed by atoms with Crippen LogP contribution in [0.15, 0.2) is 17.0 Å². The largest absolute Gasteiger partial charge is 0.243 e. The Hall–Kier alpha value is -0.360. The van der Waals surface area contributed by atoms with Crippen molar-refractivity contribution in [3.63, 3.8) is 0 Å². The van der Waals surface area contributed by atoms with Gasteiger partial charge in [-0.2, -0.15) is 4.31 Å². The Balaban J connectivity index is 3.41. The van der Waals surface area contributed by atoms with Crippen LogP contribution in [0.3, 0.4) is 0 Å². The summed E-state index contributed by atoms with van der Waals surface area (Å²) in [6.07, 6.45) is 0. The van der Waals surface area contributed by atoms with E-state index in [9.17, 15) is 12.8 Å². The Morgan fingerprint density at radius 3 is 2.37 bits per heavy atom. The maximum atomic E-state index is 13.7. The van der Waals surface area contributed by atoms with Crippen LogP contribution in [-0.4, -0.2) is 25.3 Å². The number of alkyl halides is 1. The normalized spacial score (nSPS) is 12.4. The Bertz CT molecular complexity index is 561. The number of hydrogen-bond donors (Lipinski definition) is 0. The standard InChI is InChI=1S/C12H16Cl2FNO2S/c1-4-16(8(2)3)19(17,18)10-5-9(7-13)12(14)11(15)6-10/h5-6,8H,4,7H2,1-3H3. The fourth-order valence-electron chi connectivity index (χ4n) is 1.81. The Labute approximate surface area is 123 Å². The maximum absolute atomic E-state index is 13.7. The van der Waals surface area contributed by atoms with Gasteiger partial charge < -0.3 is 0 Å². The highest BCUT2D eigenvalue weighted by molar-refractivity contribution is 7.89. The second kappa shape index (κ2) is 6.39. The first-order valence-corrected chi connectivity index (χ1v) is 8.16. The van der Waals surface area contributed by atoms with Crippen LogP contribution in [0.1, 0.15) is 26.3 Å². The molecule has 0 amide bonds. The van der Waals surface area contributed by atoms with Gasteiger partial charge in [0.05, 0.1) is 9.92 Å². The van der Waals surface area contributed by atoms with Crippen molar-refractivity contribution in [2.45, 2.75) is 37.6 Å². The lowest BCUT2D eigenvalue weighted by Crippen LogP contribution is -2.36. The smallest absolute Gasteiger partial charge is 0.207 e. The minimum absolute atomic E-state index is 0.0487. The zero-order valence-corrected chi connectivity index (χ0v) is 13.3. The van der Waals surface area contributed by atoms with E-state index in [0.29, 0.717) is 6.54 Å². The van der Waals surface area contributed by atoms with E-state index in [-0.39, 0.29) is 27.4 Å². The van der Waals surface area contributed by atoms with Crippen molar-refractivity contribution >= 4 is 33.2 Å². The van der Waals surface area contributed by atoms with E-state index in [0.717, 1.165) is 6.07 Å². The van der Waals surface area contributed by atoms with Crippen LogP contribution in [0.5, 0.6) is 0 Å². The predicted molar refractivity (Wildman–Crippen MR) is 75.7 cm³/mol. The summed E-state index contributed by atoms with van der Waals surface area (Å²) < 4.78 is 39.8. The van der Waals surface area contributed by atoms with Crippen molar-refractivity contribution in [1.29, 1.82) is 0 Å². The Morgan fingerprint density at radius 2 is 1.95 bits per heavy atom. The van der Waals surface area contributed by atoms with E-state index < -0.39 is 15.8 Å². The second-order valence-electron chi connectivity index (χ2n) is 4.31. The van der Waals surface area contributed by atoms with Crippen molar-refractivity contribution in [3.8, 4) is 0 Å². The molecule has 1 rings (SSSR count). The molecule has 1 aromatic carbocycles. The summed E-state index contributed by atoms with van der Waals surface area (Å²) in [4.78, 5) is -0.124. The molecule has 0 aliphatic carbocycles. The summed E-state index contributed by atoms with van der Waals surface area (Å²) in [5.41, 5.74) is 0.265. The average molecular weight is 328 g/mol. The molecule has 0 aromatic heterocycles. The predicted octanol–water partition coefficient (Wildman–Crippen LogP) is 3.64. The van der Waals surface area contributed by atoms with Crippen LogP contribution in [-0.2, 0) is 15.9 Å². The molecule has 3 nitrogen and oxygen atoms in total. The zero-order valence-electron chi connectivity index (χ0n) is 11.0. The van der Waals surface area contributed by atoms with Gasteiger partial charge in [0.1, 0.15) is 5.82 Å². The maximum Gasteiger partial charge on any atom is 0.243 e. The Morgan fingerprint density at radius 1 is 1.37 bits per heavy atom. The van der Waals surface area contributed by atoms with Crippen LogP contribution in [0.2, 0.25) is 5.02 Å². The fraction of sp³-hybridized carbons (Fsp3) is 0.500. The molecule has 108 valence electrons. The minimum atomic E-state index is -3.75. The summed E-state index contributed by atoms with van der Waals surface area (Å²) in [5.74, 6) is -0.828. The lowest BCUT2D eigenvalue weighted by Gasteiger charge is -2.24. The summed E-state index contributed by atoms with van der Waals surface area (Å²) in [7, 11) is -3.75. The molecule has 0 unspecified atom stereocenters.